The van der Waals surface area contributed by atoms with Crippen molar-refractivity contribution in [2.24, 2.45) is 0 Å². The van der Waals surface area contributed by atoms with Gasteiger partial charge in [0.25, 0.3) is 0 Å². The molecule has 0 aromatic heterocycles. The summed E-state index contributed by atoms with van der Waals surface area (Å²) in [6.45, 7) is 2.09. The molecule has 19 heavy (non-hydrogen) atoms. The van der Waals surface area contributed by atoms with E-state index >= 15 is 0 Å². The molecule has 1 aromatic rings. The summed E-state index contributed by atoms with van der Waals surface area (Å²) in [5, 5.41) is 2.66. The van der Waals surface area contributed by atoms with Crippen molar-refractivity contribution in [1.29, 1.82) is 0 Å². The molecular formula is C12H15BrN2O3S. The molecule has 1 amide bonds. The lowest BCUT2D eigenvalue weighted by Crippen LogP contribution is -2.47. The van der Waals surface area contributed by atoms with E-state index < -0.39 is 10.0 Å². The van der Waals surface area contributed by atoms with E-state index in [1.807, 2.05) is 0 Å². The van der Waals surface area contributed by atoms with Gasteiger partial charge in [-0.1, -0.05) is 22.0 Å². The second-order valence-electron chi connectivity index (χ2n) is 4.52. The highest BCUT2D eigenvalue weighted by Crippen LogP contribution is 2.23. The van der Waals surface area contributed by atoms with Crippen molar-refractivity contribution in [3.8, 4) is 0 Å². The molecule has 1 saturated heterocycles. The highest BCUT2D eigenvalue weighted by atomic mass is 79.9. The Labute approximate surface area is 121 Å². The van der Waals surface area contributed by atoms with Gasteiger partial charge in [-0.05, 0) is 31.0 Å². The van der Waals surface area contributed by atoms with Gasteiger partial charge in [-0.3, -0.25) is 4.79 Å². The zero-order chi connectivity index (χ0) is 14.0. The summed E-state index contributed by atoms with van der Waals surface area (Å²) >= 11 is 3.32. The highest BCUT2D eigenvalue weighted by Gasteiger charge is 2.25. The zero-order valence-corrected chi connectivity index (χ0v) is 12.8. The van der Waals surface area contributed by atoms with Gasteiger partial charge in [0.05, 0.1) is 4.90 Å². The average molecular weight is 347 g/mol. The van der Waals surface area contributed by atoms with Gasteiger partial charge < -0.3 is 5.32 Å². The molecule has 1 aliphatic rings. The second kappa shape index (κ2) is 5.60. The number of benzene rings is 1. The molecule has 0 radical (unpaired) electrons. The fraction of sp³-hybridized carbons (Fsp3) is 0.417. The van der Waals surface area contributed by atoms with Gasteiger partial charge in [-0.2, -0.15) is 0 Å². The van der Waals surface area contributed by atoms with Crippen LogP contribution >= 0.6 is 15.9 Å². The van der Waals surface area contributed by atoms with Crippen LogP contribution in [0.3, 0.4) is 0 Å². The van der Waals surface area contributed by atoms with E-state index in [4.69, 9.17) is 0 Å². The molecule has 1 heterocycles. The molecule has 0 bridgehead atoms. The molecule has 7 heteroatoms. The van der Waals surface area contributed by atoms with E-state index in [2.05, 4.69) is 26.0 Å². The topological polar surface area (TPSA) is 75.3 Å². The van der Waals surface area contributed by atoms with Gasteiger partial charge in [0, 0.05) is 23.5 Å². The van der Waals surface area contributed by atoms with Crippen LogP contribution in [0, 0.1) is 6.92 Å². The van der Waals surface area contributed by atoms with E-state index in [1.165, 1.54) is 0 Å². The number of carbonyl (C=O) groups is 1. The van der Waals surface area contributed by atoms with E-state index in [0.717, 1.165) is 4.47 Å². The lowest BCUT2D eigenvalue weighted by Gasteiger charge is -2.23. The lowest BCUT2D eigenvalue weighted by molar-refractivity contribution is -0.122. The Balaban J connectivity index is 2.19. The van der Waals surface area contributed by atoms with Crippen molar-refractivity contribution in [2.75, 3.05) is 6.54 Å². The van der Waals surface area contributed by atoms with Gasteiger partial charge in [-0.15, -0.1) is 0 Å². The number of hydrogen-bond acceptors (Lipinski definition) is 3. The minimum atomic E-state index is -3.56. The summed E-state index contributed by atoms with van der Waals surface area (Å²) in [4.78, 5) is 11.3. The first-order valence-corrected chi connectivity index (χ1v) is 8.22. The molecular weight excluding hydrogens is 332 g/mol. The van der Waals surface area contributed by atoms with Crippen LogP contribution in [0.1, 0.15) is 18.4 Å². The number of piperidine rings is 1. The van der Waals surface area contributed by atoms with Crippen molar-refractivity contribution in [3.05, 3.63) is 28.2 Å². The van der Waals surface area contributed by atoms with Crippen LogP contribution in [0.5, 0.6) is 0 Å². The van der Waals surface area contributed by atoms with Gasteiger partial charge in [-0.25, -0.2) is 13.1 Å². The molecule has 1 aliphatic heterocycles. The van der Waals surface area contributed by atoms with Gasteiger partial charge in [0.2, 0.25) is 15.9 Å². The minimum absolute atomic E-state index is 0.0333. The van der Waals surface area contributed by atoms with Crippen molar-refractivity contribution < 1.29 is 13.2 Å². The van der Waals surface area contributed by atoms with Crippen LogP contribution in [-0.4, -0.2) is 26.9 Å². The molecule has 1 unspecified atom stereocenters. The quantitative estimate of drug-likeness (QED) is 0.866. The van der Waals surface area contributed by atoms with Crippen LogP contribution in [0.2, 0.25) is 0 Å². The normalized spacial score (nSPS) is 20.1. The molecule has 0 saturated carbocycles. The van der Waals surface area contributed by atoms with Crippen molar-refractivity contribution in [2.45, 2.75) is 30.7 Å². The average Bonchev–Trinajstić information content (AvgIpc) is 2.35. The van der Waals surface area contributed by atoms with E-state index in [1.54, 1.807) is 25.1 Å². The van der Waals surface area contributed by atoms with Gasteiger partial charge in [0.15, 0.2) is 0 Å². The van der Waals surface area contributed by atoms with Crippen LogP contribution in [-0.2, 0) is 14.8 Å². The minimum Gasteiger partial charge on any atom is -0.355 e. The Morgan fingerprint density at radius 3 is 2.79 bits per heavy atom. The first kappa shape index (κ1) is 14.5. The Kier molecular flexibility index (Phi) is 4.27. The van der Waals surface area contributed by atoms with Crippen LogP contribution < -0.4 is 10.0 Å². The zero-order valence-electron chi connectivity index (χ0n) is 10.4. The maximum Gasteiger partial charge on any atom is 0.241 e. The lowest BCUT2D eigenvalue weighted by atomic mass is 10.1. The van der Waals surface area contributed by atoms with E-state index in [-0.39, 0.29) is 16.8 Å². The third-order valence-corrected chi connectivity index (χ3v) is 5.62. The molecule has 2 rings (SSSR count). The van der Waals surface area contributed by atoms with Crippen LogP contribution in [0.15, 0.2) is 27.6 Å². The van der Waals surface area contributed by atoms with E-state index in [0.29, 0.717) is 24.9 Å². The monoisotopic (exact) mass is 346 g/mol. The number of amides is 1. The molecule has 5 nitrogen and oxygen atoms in total. The predicted molar refractivity (Wildman–Crippen MR) is 75.2 cm³/mol. The van der Waals surface area contributed by atoms with Gasteiger partial charge in [0.1, 0.15) is 0 Å². The standard InChI is InChI=1S/C12H15BrN2O3S/c1-8-10(13)3-2-4-11(8)19(17,18)15-9-5-6-12(16)14-7-9/h2-4,9,15H,5-7H2,1H3,(H,14,16). The number of sulfonamides is 1. The maximum absolute atomic E-state index is 12.3. The van der Waals surface area contributed by atoms with Crippen LogP contribution in [0.25, 0.3) is 0 Å². The first-order chi connectivity index (χ1) is 8.90. The molecule has 0 spiro atoms. The summed E-state index contributed by atoms with van der Waals surface area (Å²) in [6.07, 6.45) is 0.878. The fourth-order valence-corrected chi connectivity index (χ4v) is 4.03. The summed E-state index contributed by atoms with van der Waals surface area (Å²) in [6, 6.07) is 4.81. The van der Waals surface area contributed by atoms with Crippen molar-refractivity contribution >= 4 is 31.9 Å². The maximum atomic E-state index is 12.3. The number of nitrogens with one attached hydrogen (secondary N) is 2. The van der Waals surface area contributed by atoms with Crippen LogP contribution in [0.4, 0.5) is 0 Å². The van der Waals surface area contributed by atoms with E-state index in [9.17, 15) is 13.2 Å². The Morgan fingerprint density at radius 2 is 2.16 bits per heavy atom. The first-order valence-electron chi connectivity index (χ1n) is 5.94. The smallest absolute Gasteiger partial charge is 0.241 e. The Bertz CT molecular complexity index is 591. The number of halogens is 1. The molecule has 1 atom stereocenters. The summed E-state index contributed by atoms with van der Waals surface area (Å²) < 4.78 is 28.0. The number of hydrogen-bond donors (Lipinski definition) is 2. The SMILES string of the molecule is Cc1c(Br)cccc1S(=O)(=O)NC1CCC(=O)NC1. The van der Waals surface area contributed by atoms with Gasteiger partial charge >= 0.3 is 0 Å². The second-order valence-corrected chi connectivity index (χ2v) is 7.06. The number of carbonyl (C=O) groups excluding carboxylic acids is 1. The molecule has 0 aliphatic carbocycles. The summed E-state index contributed by atoms with van der Waals surface area (Å²) in [5.41, 5.74) is 0.676. The third kappa shape index (κ3) is 3.34. The highest BCUT2D eigenvalue weighted by molar-refractivity contribution is 9.10. The molecule has 2 N–H and O–H groups in total. The largest absolute Gasteiger partial charge is 0.355 e. The number of rotatable bonds is 3. The van der Waals surface area contributed by atoms with Crippen molar-refractivity contribution in [1.82, 2.24) is 10.0 Å². The molecule has 104 valence electrons. The predicted octanol–water partition coefficient (Wildman–Crippen LogP) is 1.31. The fourth-order valence-electron chi connectivity index (χ4n) is 2.00. The van der Waals surface area contributed by atoms with Crippen molar-refractivity contribution in [3.63, 3.8) is 0 Å². The molecule has 1 fully saturated rings. The molecule has 1 aromatic carbocycles. The third-order valence-electron chi connectivity index (χ3n) is 3.09. The Morgan fingerprint density at radius 1 is 1.42 bits per heavy atom. The summed E-state index contributed by atoms with van der Waals surface area (Å²) in [7, 11) is -3.56. The Hall–Kier alpha value is -0.920. The summed E-state index contributed by atoms with van der Waals surface area (Å²) in [5.74, 6) is -0.0333.